The maximum absolute atomic E-state index is 11.4. The first-order valence-corrected chi connectivity index (χ1v) is 6.60. The van der Waals surface area contributed by atoms with E-state index in [0.717, 1.165) is 31.4 Å². The minimum atomic E-state index is -0.248. The topological polar surface area (TPSA) is 78.3 Å². The molecule has 2 N–H and O–H groups in total. The normalized spacial score (nSPS) is 17.2. The molecule has 0 radical (unpaired) electrons. The van der Waals surface area contributed by atoms with Crippen LogP contribution in [0.1, 0.15) is 12.8 Å². The summed E-state index contributed by atoms with van der Waals surface area (Å²) in [5, 5.41) is 9.62. The van der Waals surface area contributed by atoms with Crippen molar-refractivity contribution in [1.82, 2.24) is 24.9 Å². The Morgan fingerprint density at radius 3 is 3.00 bits per heavy atom. The van der Waals surface area contributed by atoms with E-state index in [4.69, 9.17) is 0 Å². The van der Waals surface area contributed by atoms with Crippen LogP contribution in [-0.2, 0) is 0 Å². The van der Waals surface area contributed by atoms with E-state index in [1.165, 1.54) is 23.6 Å². The zero-order valence-electron chi connectivity index (χ0n) is 11.0. The lowest BCUT2D eigenvalue weighted by molar-refractivity contribution is 0.392. The minimum absolute atomic E-state index is 0.248. The Labute approximate surface area is 110 Å². The molecule has 0 aliphatic carbocycles. The van der Waals surface area contributed by atoms with Crippen LogP contribution in [0.3, 0.4) is 0 Å². The largest absolute Gasteiger partial charge is 0.356 e. The molecule has 1 aliphatic heterocycles. The molecule has 0 amide bonds. The zero-order valence-corrected chi connectivity index (χ0v) is 11.0. The molecule has 0 spiro atoms. The Morgan fingerprint density at radius 2 is 2.26 bits per heavy atom. The van der Waals surface area contributed by atoms with Gasteiger partial charge in [-0.25, -0.2) is 19.3 Å². The molecule has 7 heteroatoms. The third-order valence-electron chi connectivity index (χ3n) is 3.73. The molecular formula is C12H18N6O. The summed E-state index contributed by atoms with van der Waals surface area (Å²) < 4.78 is 1.41. The first-order chi connectivity index (χ1) is 9.28. The van der Waals surface area contributed by atoms with Gasteiger partial charge in [0.25, 0.3) is 0 Å². The molecule has 3 heterocycles. The maximum Gasteiger partial charge on any atom is 0.348 e. The van der Waals surface area contributed by atoms with Crippen molar-refractivity contribution in [3.63, 3.8) is 0 Å². The van der Waals surface area contributed by atoms with Gasteiger partial charge in [-0.1, -0.05) is 0 Å². The summed E-state index contributed by atoms with van der Waals surface area (Å²) in [7, 11) is 2.00. The standard InChI is InChI=1S/C12H18N6O/c1-13-7-9-2-4-17(5-3-9)10-6-11-15-16-12(19)18(11)8-14-10/h6,8-9,13H,2-5,7H2,1H3,(H,16,19). The summed E-state index contributed by atoms with van der Waals surface area (Å²) in [4.78, 5) is 18.0. The second-order valence-electron chi connectivity index (χ2n) is 4.99. The van der Waals surface area contributed by atoms with Gasteiger partial charge in [-0.3, -0.25) is 0 Å². The number of aromatic amines is 1. The van der Waals surface area contributed by atoms with Crippen molar-refractivity contribution in [3.05, 3.63) is 22.9 Å². The third kappa shape index (κ3) is 2.33. The molecule has 7 nitrogen and oxygen atoms in total. The lowest BCUT2D eigenvalue weighted by Crippen LogP contribution is -2.37. The van der Waals surface area contributed by atoms with Crippen molar-refractivity contribution in [3.8, 4) is 0 Å². The molecule has 3 rings (SSSR count). The lowest BCUT2D eigenvalue weighted by atomic mass is 9.97. The second kappa shape index (κ2) is 5.00. The van der Waals surface area contributed by atoms with E-state index >= 15 is 0 Å². The van der Waals surface area contributed by atoms with Gasteiger partial charge in [0.05, 0.1) is 0 Å². The molecule has 2 aromatic rings. The van der Waals surface area contributed by atoms with Crippen LogP contribution in [-0.4, -0.2) is 46.3 Å². The van der Waals surface area contributed by atoms with E-state index in [9.17, 15) is 4.79 Å². The van der Waals surface area contributed by atoms with E-state index < -0.39 is 0 Å². The predicted molar refractivity (Wildman–Crippen MR) is 72.5 cm³/mol. The summed E-state index contributed by atoms with van der Waals surface area (Å²) in [6, 6.07) is 1.86. The number of aromatic nitrogens is 4. The minimum Gasteiger partial charge on any atom is -0.356 e. The molecule has 1 fully saturated rings. The van der Waals surface area contributed by atoms with E-state index in [1.54, 1.807) is 0 Å². The highest BCUT2D eigenvalue weighted by Gasteiger charge is 2.20. The molecule has 0 atom stereocenters. The Kier molecular flexibility index (Phi) is 3.20. The zero-order chi connectivity index (χ0) is 13.2. The van der Waals surface area contributed by atoms with E-state index in [1.807, 2.05) is 13.1 Å². The Balaban J connectivity index is 1.76. The lowest BCUT2D eigenvalue weighted by Gasteiger charge is -2.32. The Morgan fingerprint density at radius 1 is 1.47 bits per heavy atom. The van der Waals surface area contributed by atoms with Crippen molar-refractivity contribution in [2.24, 2.45) is 5.92 Å². The van der Waals surface area contributed by atoms with Gasteiger partial charge in [0.2, 0.25) is 0 Å². The number of rotatable bonds is 3. The van der Waals surface area contributed by atoms with Crippen molar-refractivity contribution in [2.45, 2.75) is 12.8 Å². The summed E-state index contributed by atoms with van der Waals surface area (Å²) in [5.74, 6) is 1.65. The monoisotopic (exact) mass is 262 g/mol. The van der Waals surface area contributed by atoms with Gasteiger partial charge in [-0.2, -0.15) is 5.10 Å². The quantitative estimate of drug-likeness (QED) is 0.804. The van der Waals surface area contributed by atoms with Crippen LogP contribution in [0.25, 0.3) is 5.65 Å². The summed E-state index contributed by atoms with van der Waals surface area (Å²) >= 11 is 0. The summed E-state index contributed by atoms with van der Waals surface area (Å²) in [6.45, 7) is 3.09. The number of nitrogens with one attached hydrogen (secondary N) is 2. The number of hydrogen-bond acceptors (Lipinski definition) is 5. The van der Waals surface area contributed by atoms with Gasteiger partial charge in [0.15, 0.2) is 5.65 Å². The van der Waals surface area contributed by atoms with Crippen molar-refractivity contribution in [2.75, 3.05) is 31.6 Å². The maximum atomic E-state index is 11.4. The number of piperidine rings is 1. The highest BCUT2D eigenvalue weighted by atomic mass is 16.1. The fourth-order valence-corrected chi connectivity index (χ4v) is 2.63. The van der Waals surface area contributed by atoms with Gasteiger partial charge in [0, 0.05) is 19.2 Å². The van der Waals surface area contributed by atoms with Crippen molar-refractivity contribution >= 4 is 11.5 Å². The van der Waals surface area contributed by atoms with E-state index in [0.29, 0.717) is 5.65 Å². The fourth-order valence-electron chi connectivity index (χ4n) is 2.63. The highest BCUT2D eigenvalue weighted by Crippen LogP contribution is 2.21. The summed E-state index contributed by atoms with van der Waals surface area (Å²) in [5.41, 5.74) is 0.370. The Bertz CT molecular complexity index is 610. The average Bonchev–Trinajstić information content (AvgIpc) is 2.81. The molecule has 1 aliphatic rings. The average molecular weight is 262 g/mol. The summed E-state index contributed by atoms with van der Waals surface area (Å²) in [6.07, 6.45) is 3.87. The molecule has 0 aromatic carbocycles. The number of fused-ring (bicyclic) bond motifs is 1. The molecule has 2 aromatic heterocycles. The van der Waals surface area contributed by atoms with Crippen LogP contribution in [0.5, 0.6) is 0 Å². The van der Waals surface area contributed by atoms with Gasteiger partial charge < -0.3 is 10.2 Å². The molecule has 0 unspecified atom stereocenters. The molecule has 19 heavy (non-hydrogen) atoms. The predicted octanol–water partition coefficient (Wildman–Crippen LogP) is -0.147. The van der Waals surface area contributed by atoms with Crippen LogP contribution in [0.15, 0.2) is 17.2 Å². The first kappa shape index (κ1) is 12.2. The van der Waals surface area contributed by atoms with E-state index in [2.05, 4.69) is 25.4 Å². The molecule has 0 saturated carbocycles. The van der Waals surface area contributed by atoms with Gasteiger partial charge in [-0.05, 0) is 32.4 Å². The van der Waals surface area contributed by atoms with Crippen LogP contribution < -0.4 is 15.9 Å². The number of hydrogen-bond donors (Lipinski definition) is 2. The van der Waals surface area contributed by atoms with Crippen LogP contribution in [0.4, 0.5) is 5.82 Å². The number of anilines is 1. The fraction of sp³-hybridized carbons (Fsp3) is 0.583. The second-order valence-corrected chi connectivity index (χ2v) is 4.99. The smallest absolute Gasteiger partial charge is 0.348 e. The number of nitrogens with zero attached hydrogens (tertiary/aromatic N) is 4. The van der Waals surface area contributed by atoms with E-state index in [-0.39, 0.29) is 5.69 Å². The SMILES string of the molecule is CNCC1CCN(c2cc3n[nH]c(=O)n3cn2)CC1. The molecular weight excluding hydrogens is 244 g/mol. The van der Waals surface area contributed by atoms with Gasteiger partial charge >= 0.3 is 5.69 Å². The van der Waals surface area contributed by atoms with Crippen LogP contribution in [0.2, 0.25) is 0 Å². The third-order valence-corrected chi connectivity index (χ3v) is 3.73. The highest BCUT2D eigenvalue weighted by molar-refractivity contribution is 5.50. The van der Waals surface area contributed by atoms with Gasteiger partial charge in [0.1, 0.15) is 12.1 Å². The van der Waals surface area contributed by atoms with Crippen molar-refractivity contribution < 1.29 is 0 Å². The van der Waals surface area contributed by atoms with Crippen molar-refractivity contribution in [1.29, 1.82) is 0 Å². The number of H-pyrrole nitrogens is 1. The van der Waals surface area contributed by atoms with Gasteiger partial charge in [-0.15, -0.1) is 0 Å². The molecule has 102 valence electrons. The molecule has 1 saturated heterocycles. The first-order valence-electron chi connectivity index (χ1n) is 6.60. The Hall–Kier alpha value is -1.89. The molecule has 0 bridgehead atoms. The van der Waals surface area contributed by atoms with Crippen LogP contribution >= 0.6 is 0 Å². The van der Waals surface area contributed by atoms with Crippen LogP contribution in [0, 0.1) is 5.92 Å².